The number of fused-ring (bicyclic) bond motifs is 1. The number of carbonyl (C=O) groups is 2. The number of aliphatic hydroxyl groups excluding tert-OH is 1. The molecule has 1 aliphatic heterocycles. The summed E-state index contributed by atoms with van der Waals surface area (Å²) in [7, 11) is 0. The fourth-order valence-electron chi connectivity index (χ4n) is 6.05. The predicted molar refractivity (Wildman–Crippen MR) is 140 cm³/mol. The molecule has 0 aromatic heterocycles. The Hall–Kier alpha value is -2.18. The van der Waals surface area contributed by atoms with E-state index in [9.17, 15) is 24.9 Å². The molecule has 36 heavy (non-hydrogen) atoms. The molecule has 6 heteroatoms. The van der Waals surface area contributed by atoms with Gasteiger partial charge in [-0.25, -0.2) is 0 Å². The van der Waals surface area contributed by atoms with Gasteiger partial charge in [0.25, 0.3) is 0 Å². The molecule has 5 atom stereocenters. The highest BCUT2D eigenvalue weighted by atomic mass is 16.5. The minimum Gasteiger partial charge on any atom is -0.507 e. The van der Waals surface area contributed by atoms with Gasteiger partial charge >= 0.3 is 0 Å². The van der Waals surface area contributed by atoms with E-state index >= 15 is 0 Å². The molecular formula is C30H44O6. The number of Topliss-reactive ketones (excluding diaryl/α,β-unsaturated/α-hetero) is 2. The normalized spacial score (nSPS) is 32.6. The topological polar surface area (TPSA) is 104 Å². The van der Waals surface area contributed by atoms with Gasteiger partial charge in [0.1, 0.15) is 23.2 Å². The molecule has 200 valence electrons. The molecule has 1 saturated carbocycles. The van der Waals surface area contributed by atoms with E-state index in [-0.39, 0.29) is 36.0 Å². The first-order valence-electron chi connectivity index (χ1n) is 13.1. The number of carbonyl (C=O) groups excluding carboxylic acids is 2. The van der Waals surface area contributed by atoms with Crippen LogP contribution in [0.1, 0.15) is 87.5 Å². The number of aliphatic hydroxyl groups is 3. The summed E-state index contributed by atoms with van der Waals surface area (Å²) >= 11 is 0. The van der Waals surface area contributed by atoms with Crippen LogP contribution in [0, 0.1) is 23.2 Å². The minimum atomic E-state index is -1.25. The van der Waals surface area contributed by atoms with Crippen LogP contribution in [0.5, 0.6) is 0 Å². The number of allylic oxidation sites excluding steroid dienone is 6. The van der Waals surface area contributed by atoms with Crippen molar-refractivity contribution in [3.63, 3.8) is 0 Å². The molecule has 0 radical (unpaired) electrons. The molecule has 3 aliphatic rings. The first kappa shape index (κ1) is 28.4. The third kappa shape index (κ3) is 4.87. The lowest BCUT2D eigenvalue weighted by Gasteiger charge is -2.36. The van der Waals surface area contributed by atoms with E-state index in [4.69, 9.17) is 4.74 Å². The Labute approximate surface area is 215 Å². The number of ether oxygens (including phenoxy) is 1. The standard InChI is InChI=1S/C30H44O6/c1-16(2)10-13-30-15-22(28(7,8)34)36-27(30)20(25(32)23(26(30)33)24(31)18(5)6)14-21-19(17(3)4)11-12-29(21,9)35/h10,18-19,21-22,32,34-35H,3,11-15H2,1-2,4-9H3/t19-,21-,22-,29+,30+/m0/s1. The highest BCUT2D eigenvalue weighted by Crippen LogP contribution is 2.57. The van der Waals surface area contributed by atoms with Crippen molar-refractivity contribution in [2.24, 2.45) is 23.2 Å². The third-order valence-electron chi connectivity index (χ3n) is 8.41. The van der Waals surface area contributed by atoms with Crippen LogP contribution in [0.15, 0.2) is 46.5 Å². The molecule has 1 saturated heterocycles. The van der Waals surface area contributed by atoms with E-state index in [1.165, 1.54) is 0 Å². The quantitative estimate of drug-likeness (QED) is 0.300. The summed E-state index contributed by atoms with van der Waals surface area (Å²) in [5, 5.41) is 33.7. The lowest BCUT2D eigenvalue weighted by molar-refractivity contribution is -0.128. The maximum atomic E-state index is 14.1. The van der Waals surface area contributed by atoms with Crippen molar-refractivity contribution < 1.29 is 29.6 Å². The van der Waals surface area contributed by atoms with Crippen molar-refractivity contribution in [2.45, 2.75) is 105 Å². The van der Waals surface area contributed by atoms with E-state index in [0.29, 0.717) is 24.2 Å². The zero-order valence-electron chi connectivity index (χ0n) is 23.2. The van der Waals surface area contributed by atoms with Crippen molar-refractivity contribution in [1.82, 2.24) is 0 Å². The van der Waals surface area contributed by atoms with Gasteiger partial charge in [0.2, 0.25) is 0 Å². The van der Waals surface area contributed by atoms with Crippen molar-refractivity contribution in [3.05, 3.63) is 46.5 Å². The smallest absolute Gasteiger partial charge is 0.184 e. The number of hydrogen-bond acceptors (Lipinski definition) is 6. The average molecular weight is 501 g/mol. The molecule has 2 fully saturated rings. The highest BCUT2D eigenvalue weighted by molar-refractivity contribution is 6.25. The van der Waals surface area contributed by atoms with Gasteiger partial charge in [0.15, 0.2) is 11.6 Å². The van der Waals surface area contributed by atoms with Crippen LogP contribution < -0.4 is 0 Å². The zero-order chi connectivity index (χ0) is 27.4. The number of rotatable bonds is 8. The molecule has 6 nitrogen and oxygen atoms in total. The van der Waals surface area contributed by atoms with Crippen LogP contribution >= 0.6 is 0 Å². The van der Waals surface area contributed by atoms with Crippen molar-refractivity contribution in [2.75, 3.05) is 0 Å². The molecule has 3 rings (SSSR count). The van der Waals surface area contributed by atoms with Gasteiger partial charge in [0, 0.05) is 17.9 Å². The molecule has 0 spiro atoms. The van der Waals surface area contributed by atoms with Crippen LogP contribution in [-0.4, -0.2) is 44.2 Å². The predicted octanol–water partition coefficient (Wildman–Crippen LogP) is 5.51. The molecule has 0 bridgehead atoms. The molecule has 0 aromatic rings. The van der Waals surface area contributed by atoms with Crippen LogP contribution in [-0.2, 0) is 14.3 Å². The highest BCUT2D eigenvalue weighted by Gasteiger charge is 2.60. The van der Waals surface area contributed by atoms with Gasteiger partial charge in [-0.1, -0.05) is 37.6 Å². The summed E-state index contributed by atoms with van der Waals surface area (Å²) in [6.07, 6.45) is 3.36. The van der Waals surface area contributed by atoms with Gasteiger partial charge in [-0.15, -0.1) is 0 Å². The Morgan fingerprint density at radius 3 is 2.39 bits per heavy atom. The molecule has 0 amide bonds. The fraction of sp³-hybridized carbons (Fsp3) is 0.667. The summed E-state index contributed by atoms with van der Waals surface area (Å²) in [5.41, 5.74) is -1.27. The Balaban J connectivity index is 2.29. The second-order valence-corrected chi connectivity index (χ2v) is 12.6. The van der Waals surface area contributed by atoms with Crippen molar-refractivity contribution in [1.29, 1.82) is 0 Å². The van der Waals surface area contributed by atoms with E-state index < -0.39 is 40.2 Å². The van der Waals surface area contributed by atoms with E-state index in [1.54, 1.807) is 34.6 Å². The average Bonchev–Trinajstić information content (AvgIpc) is 3.28. The second-order valence-electron chi connectivity index (χ2n) is 12.6. The molecule has 1 heterocycles. The summed E-state index contributed by atoms with van der Waals surface area (Å²) in [6, 6.07) is 0. The largest absolute Gasteiger partial charge is 0.507 e. The van der Waals surface area contributed by atoms with E-state index in [0.717, 1.165) is 17.6 Å². The Kier molecular flexibility index (Phi) is 7.58. The molecule has 2 aliphatic carbocycles. The van der Waals surface area contributed by atoms with Crippen LogP contribution in [0.2, 0.25) is 0 Å². The van der Waals surface area contributed by atoms with Gasteiger partial charge in [0.05, 0.1) is 16.6 Å². The second kappa shape index (κ2) is 9.60. The molecule has 0 unspecified atom stereocenters. The van der Waals surface area contributed by atoms with Gasteiger partial charge in [-0.3, -0.25) is 9.59 Å². The van der Waals surface area contributed by atoms with E-state index in [2.05, 4.69) is 6.58 Å². The summed E-state index contributed by atoms with van der Waals surface area (Å²) in [6.45, 7) is 18.5. The lowest BCUT2D eigenvalue weighted by Crippen LogP contribution is -2.41. The Morgan fingerprint density at radius 1 is 1.28 bits per heavy atom. The van der Waals surface area contributed by atoms with Gasteiger partial charge in [-0.2, -0.15) is 0 Å². The summed E-state index contributed by atoms with van der Waals surface area (Å²) in [5.74, 6) is -1.60. The molecule has 0 aromatic carbocycles. The minimum absolute atomic E-state index is 0.0291. The van der Waals surface area contributed by atoms with E-state index in [1.807, 2.05) is 26.8 Å². The van der Waals surface area contributed by atoms with Crippen molar-refractivity contribution >= 4 is 11.6 Å². The molecule has 3 N–H and O–H groups in total. The zero-order valence-corrected chi connectivity index (χ0v) is 23.2. The van der Waals surface area contributed by atoms with Gasteiger partial charge in [-0.05, 0) is 79.1 Å². The number of hydrogen-bond donors (Lipinski definition) is 3. The summed E-state index contributed by atoms with van der Waals surface area (Å²) < 4.78 is 6.35. The Bertz CT molecular complexity index is 1040. The van der Waals surface area contributed by atoms with Gasteiger partial charge < -0.3 is 20.1 Å². The first-order valence-corrected chi connectivity index (χ1v) is 13.1. The van der Waals surface area contributed by atoms with Crippen LogP contribution in [0.4, 0.5) is 0 Å². The Morgan fingerprint density at radius 2 is 1.89 bits per heavy atom. The fourth-order valence-corrected chi connectivity index (χ4v) is 6.05. The van der Waals surface area contributed by atoms with Crippen molar-refractivity contribution in [3.8, 4) is 0 Å². The maximum Gasteiger partial charge on any atom is 0.184 e. The van der Waals surface area contributed by atoms with Crippen LogP contribution in [0.3, 0.4) is 0 Å². The lowest BCUT2D eigenvalue weighted by atomic mass is 9.65. The maximum absolute atomic E-state index is 14.1. The van der Waals surface area contributed by atoms with Crippen LogP contribution in [0.25, 0.3) is 0 Å². The number of ketones is 2. The summed E-state index contributed by atoms with van der Waals surface area (Å²) in [4.78, 5) is 27.4. The first-order chi connectivity index (χ1) is 16.4. The third-order valence-corrected chi connectivity index (χ3v) is 8.41. The monoisotopic (exact) mass is 500 g/mol. The molecular weight excluding hydrogens is 456 g/mol. The SMILES string of the molecule is C=C(C)[C@@H]1CC[C@@](C)(O)[C@H]1CC1=C2O[C@H](C(C)(C)O)C[C@]2(CC=C(C)C)C(=O)C(C(=O)C(C)C)=C1O.